The number of benzene rings is 2. The number of nitrogens with one attached hydrogen (secondary N) is 1. The number of aromatic nitrogens is 2. The highest BCUT2D eigenvalue weighted by molar-refractivity contribution is 7.99. The van der Waals surface area contributed by atoms with Crippen LogP contribution < -0.4 is 5.32 Å². The van der Waals surface area contributed by atoms with E-state index in [1.807, 2.05) is 36.4 Å². The lowest BCUT2D eigenvalue weighted by atomic mass is 10.1. The van der Waals surface area contributed by atoms with Crippen LogP contribution in [0.1, 0.15) is 25.3 Å². The molecule has 2 amide bonds. The van der Waals surface area contributed by atoms with Gasteiger partial charge in [-0.3, -0.25) is 4.79 Å². The molecule has 1 N–H and O–H groups in total. The second kappa shape index (κ2) is 10.9. The van der Waals surface area contributed by atoms with E-state index in [0.717, 1.165) is 34.6 Å². The molecule has 4 rings (SSSR count). The predicted octanol–water partition coefficient (Wildman–Crippen LogP) is 4.57. The SMILES string of the molecule is CCOC(=O)N1CCC(NC(=O)CSc2nc3cc(Cl)ccc3n2Cc2ccccc2)CC1. The van der Waals surface area contributed by atoms with Gasteiger partial charge >= 0.3 is 6.09 Å². The maximum absolute atomic E-state index is 12.6. The van der Waals surface area contributed by atoms with E-state index < -0.39 is 0 Å². The molecule has 1 aromatic heterocycles. The Bertz CT molecular complexity index is 1110. The first-order chi connectivity index (χ1) is 16.0. The van der Waals surface area contributed by atoms with Crippen molar-refractivity contribution in [3.05, 3.63) is 59.1 Å². The van der Waals surface area contributed by atoms with E-state index in [9.17, 15) is 9.59 Å². The Morgan fingerprint density at radius 2 is 1.94 bits per heavy atom. The molecule has 0 aliphatic carbocycles. The molecule has 0 spiro atoms. The minimum absolute atomic E-state index is 0.0362. The number of carbonyl (C=O) groups excluding carboxylic acids is 2. The Morgan fingerprint density at radius 1 is 1.18 bits per heavy atom. The van der Waals surface area contributed by atoms with Crippen molar-refractivity contribution < 1.29 is 14.3 Å². The molecule has 174 valence electrons. The van der Waals surface area contributed by atoms with E-state index in [4.69, 9.17) is 21.3 Å². The third kappa shape index (κ3) is 6.00. The van der Waals surface area contributed by atoms with Crippen molar-refractivity contribution >= 4 is 46.4 Å². The fourth-order valence-corrected chi connectivity index (χ4v) is 4.92. The van der Waals surface area contributed by atoms with E-state index >= 15 is 0 Å². The number of thioether (sulfide) groups is 1. The number of carbonyl (C=O) groups is 2. The van der Waals surface area contributed by atoms with Crippen LogP contribution in [0.5, 0.6) is 0 Å². The largest absolute Gasteiger partial charge is 0.450 e. The number of amides is 2. The molecular weight excluding hydrogens is 460 g/mol. The number of rotatable bonds is 7. The molecule has 1 fully saturated rings. The number of halogens is 1. The average Bonchev–Trinajstić information content (AvgIpc) is 3.15. The summed E-state index contributed by atoms with van der Waals surface area (Å²) in [5, 5.41) is 4.51. The van der Waals surface area contributed by atoms with Crippen LogP contribution in [0.25, 0.3) is 11.0 Å². The molecule has 1 aliphatic rings. The quantitative estimate of drug-likeness (QED) is 0.495. The van der Waals surface area contributed by atoms with Gasteiger partial charge in [0.2, 0.25) is 5.91 Å². The summed E-state index contributed by atoms with van der Waals surface area (Å²) in [5.41, 5.74) is 2.96. The van der Waals surface area contributed by atoms with Crippen LogP contribution in [0.4, 0.5) is 4.79 Å². The van der Waals surface area contributed by atoms with Gasteiger partial charge < -0.3 is 19.5 Å². The average molecular weight is 487 g/mol. The van der Waals surface area contributed by atoms with E-state index in [1.54, 1.807) is 11.8 Å². The van der Waals surface area contributed by atoms with Gasteiger partial charge in [0.25, 0.3) is 0 Å². The van der Waals surface area contributed by atoms with Crippen LogP contribution >= 0.6 is 23.4 Å². The third-order valence-corrected chi connectivity index (χ3v) is 6.79. The highest BCUT2D eigenvalue weighted by atomic mass is 35.5. The fourth-order valence-electron chi connectivity index (χ4n) is 3.93. The summed E-state index contributed by atoms with van der Waals surface area (Å²) >= 11 is 7.59. The number of piperidine rings is 1. The molecule has 3 aromatic rings. The Hall–Kier alpha value is -2.71. The second-order valence-corrected chi connectivity index (χ2v) is 9.29. The molecule has 0 atom stereocenters. The van der Waals surface area contributed by atoms with Crippen LogP contribution in [-0.4, -0.2) is 57.9 Å². The number of nitrogens with zero attached hydrogens (tertiary/aromatic N) is 3. The van der Waals surface area contributed by atoms with Gasteiger partial charge in [0, 0.05) is 24.2 Å². The normalized spacial score (nSPS) is 14.4. The van der Waals surface area contributed by atoms with Gasteiger partial charge in [0.05, 0.1) is 29.9 Å². The third-order valence-electron chi connectivity index (χ3n) is 5.58. The molecule has 9 heteroatoms. The minimum atomic E-state index is -0.282. The molecule has 2 aromatic carbocycles. The van der Waals surface area contributed by atoms with Crippen molar-refractivity contribution in [3.8, 4) is 0 Å². The topological polar surface area (TPSA) is 76.5 Å². The lowest BCUT2D eigenvalue weighted by Crippen LogP contribution is -2.47. The van der Waals surface area contributed by atoms with Gasteiger partial charge in [-0.05, 0) is 43.5 Å². The Morgan fingerprint density at radius 3 is 2.67 bits per heavy atom. The number of fused-ring (bicyclic) bond motifs is 1. The van der Waals surface area contributed by atoms with Crippen molar-refractivity contribution in [1.82, 2.24) is 19.8 Å². The number of likely N-dealkylation sites (tertiary alicyclic amines) is 1. The molecule has 33 heavy (non-hydrogen) atoms. The maximum Gasteiger partial charge on any atom is 0.409 e. The minimum Gasteiger partial charge on any atom is -0.450 e. The van der Waals surface area contributed by atoms with Gasteiger partial charge in [-0.1, -0.05) is 53.7 Å². The Kier molecular flexibility index (Phi) is 7.77. The zero-order valence-electron chi connectivity index (χ0n) is 18.5. The van der Waals surface area contributed by atoms with E-state index in [2.05, 4.69) is 22.0 Å². The highest BCUT2D eigenvalue weighted by Gasteiger charge is 2.24. The standard InChI is InChI=1S/C24H27ClN4O3S/c1-2-32-24(31)28-12-10-19(11-13-28)26-22(30)16-33-23-27-20-14-18(25)8-9-21(20)29(23)15-17-6-4-3-5-7-17/h3-9,14,19H,2,10-13,15-16H2,1H3,(H,26,30). The summed E-state index contributed by atoms with van der Waals surface area (Å²) in [4.78, 5) is 30.9. The molecule has 0 unspecified atom stereocenters. The zero-order chi connectivity index (χ0) is 23.2. The number of hydrogen-bond acceptors (Lipinski definition) is 5. The summed E-state index contributed by atoms with van der Waals surface area (Å²) in [6, 6.07) is 15.9. The summed E-state index contributed by atoms with van der Waals surface area (Å²) in [5.74, 6) is 0.232. The van der Waals surface area contributed by atoms with Crippen molar-refractivity contribution in [2.75, 3.05) is 25.4 Å². The molecular formula is C24H27ClN4O3S. The van der Waals surface area contributed by atoms with Gasteiger partial charge in [0.1, 0.15) is 0 Å². The zero-order valence-corrected chi connectivity index (χ0v) is 20.1. The van der Waals surface area contributed by atoms with E-state index in [0.29, 0.717) is 31.3 Å². The molecule has 0 saturated carbocycles. The summed E-state index contributed by atoms with van der Waals surface area (Å²) in [6.07, 6.45) is 1.16. The van der Waals surface area contributed by atoms with Crippen LogP contribution in [0, 0.1) is 0 Å². The first-order valence-electron chi connectivity index (χ1n) is 11.1. The van der Waals surface area contributed by atoms with Crippen LogP contribution in [0.3, 0.4) is 0 Å². The van der Waals surface area contributed by atoms with Crippen LogP contribution in [0.2, 0.25) is 5.02 Å². The molecule has 7 nitrogen and oxygen atoms in total. The lowest BCUT2D eigenvalue weighted by Gasteiger charge is -2.31. The van der Waals surface area contributed by atoms with Crippen LogP contribution in [-0.2, 0) is 16.1 Å². The van der Waals surface area contributed by atoms with Gasteiger partial charge in [-0.25, -0.2) is 9.78 Å². The van der Waals surface area contributed by atoms with Gasteiger partial charge in [-0.2, -0.15) is 0 Å². The monoisotopic (exact) mass is 486 g/mol. The Balaban J connectivity index is 1.38. The fraction of sp³-hybridized carbons (Fsp3) is 0.375. The van der Waals surface area contributed by atoms with Gasteiger partial charge in [-0.15, -0.1) is 0 Å². The summed E-state index contributed by atoms with van der Waals surface area (Å²) in [6.45, 7) is 4.00. The Labute approximate surface area is 202 Å². The lowest BCUT2D eigenvalue weighted by molar-refractivity contribution is -0.119. The summed E-state index contributed by atoms with van der Waals surface area (Å²) in [7, 11) is 0. The molecule has 1 saturated heterocycles. The molecule has 0 radical (unpaired) electrons. The number of hydrogen-bond donors (Lipinski definition) is 1. The van der Waals surface area contributed by atoms with E-state index in [1.165, 1.54) is 11.8 Å². The van der Waals surface area contributed by atoms with Crippen molar-refractivity contribution in [3.63, 3.8) is 0 Å². The molecule has 2 heterocycles. The molecule has 0 bridgehead atoms. The smallest absolute Gasteiger partial charge is 0.409 e. The maximum atomic E-state index is 12.6. The molecule has 1 aliphatic heterocycles. The highest BCUT2D eigenvalue weighted by Crippen LogP contribution is 2.27. The van der Waals surface area contributed by atoms with Crippen molar-refractivity contribution in [1.29, 1.82) is 0 Å². The van der Waals surface area contributed by atoms with E-state index in [-0.39, 0.29) is 23.8 Å². The number of imidazole rings is 1. The first kappa shape index (κ1) is 23.4. The summed E-state index contributed by atoms with van der Waals surface area (Å²) < 4.78 is 7.17. The first-order valence-corrected chi connectivity index (χ1v) is 12.4. The van der Waals surface area contributed by atoms with Crippen molar-refractivity contribution in [2.45, 2.75) is 37.5 Å². The van der Waals surface area contributed by atoms with Crippen LogP contribution in [0.15, 0.2) is 53.7 Å². The van der Waals surface area contributed by atoms with Gasteiger partial charge in [0.15, 0.2) is 5.16 Å². The predicted molar refractivity (Wildman–Crippen MR) is 131 cm³/mol. The second-order valence-electron chi connectivity index (χ2n) is 7.92. The van der Waals surface area contributed by atoms with Crippen molar-refractivity contribution in [2.24, 2.45) is 0 Å². The number of ether oxygens (including phenoxy) is 1.